The highest BCUT2D eigenvalue weighted by molar-refractivity contribution is 8.26. The number of aromatic nitrogens is 2. The van der Waals surface area contributed by atoms with E-state index < -0.39 is 0 Å². The number of carbonyl (C=O) groups is 1. The zero-order valence-electron chi connectivity index (χ0n) is 15.5. The molecule has 0 aromatic carbocycles. The molecule has 0 saturated carbocycles. The summed E-state index contributed by atoms with van der Waals surface area (Å²) >= 11 is 6.55. The Balaban J connectivity index is 1.71. The molecular weight excluding hydrogens is 412 g/mol. The second-order valence-electron chi connectivity index (χ2n) is 6.69. The summed E-state index contributed by atoms with van der Waals surface area (Å²) in [6.45, 7) is 1.25. The molecule has 2 saturated heterocycles. The Kier molecular flexibility index (Phi) is 5.95. The molecule has 2 fully saturated rings. The molecule has 2 aliphatic rings. The molecule has 1 unspecified atom stereocenters. The topological polar surface area (TPSA) is 96.2 Å². The number of nitrogens with one attached hydrogen (secondary N) is 1. The molecule has 0 radical (unpaired) electrons. The van der Waals surface area contributed by atoms with Crippen molar-refractivity contribution in [3.8, 4) is 0 Å². The van der Waals surface area contributed by atoms with Crippen LogP contribution in [0.25, 0.3) is 11.7 Å². The van der Waals surface area contributed by atoms with E-state index in [4.69, 9.17) is 22.1 Å². The van der Waals surface area contributed by atoms with Crippen LogP contribution in [-0.2, 0) is 9.53 Å². The molecule has 8 nitrogen and oxygen atoms in total. The number of aliphatic hydroxyl groups excluding tert-OH is 1. The average molecular weight is 433 g/mol. The third-order valence-corrected chi connectivity index (χ3v) is 6.11. The fourth-order valence-corrected chi connectivity index (χ4v) is 4.58. The molecule has 29 heavy (non-hydrogen) atoms. The zero-order valence-corrected chi connectivity index (χ0v) is 17.2. The number of rotatable bonds is 6. The van der Waals surface area contributed by atoms with Crippen LogP contribution in [0.1, 0.15) is 18.4 Å². The molecule has 2 aromatic heterocycles. The molecule has 0 spiro atoms. The van der Waals surface area contributed by atoms with Crippen LogP contribution in [0.3, 0.4) is 0 Å². The van der Waals surface area contributed by atoms with Crippen molar-refractivity contribution in [2.45, 2.75) is 18.9 Å². The lowest BCUT2D eigenvalue weighted by Gasteiger charge is -2.18. The number of ether oxygens (including phenoxy) is 1. The smallest absolute Gasteiger partial charge is 0.267 e. The number of amides is 1. The Morgan fingerprint density at radius 3 is 3.03 bits per heavy atom. The van der Waals surface area contributed by atoms with E-state index >= 15 is 0 Å². The van der Waals surface area contributed by atoms with Crippen molar-refractivity contribution in [1.29, 1.82) is 0 Å². The van der Waals surface area contributed by atoms with E-state index in [1.165, 1.54) is 27.1 Å². The average Bonchev–Trinajstić information content (AvgIpc) is 3.33. The van der Waals surface area contributed by atoms with E-state index in [0.717, 1.165) is 12.8 Å². The van der Waals surface area contributed by atoms with Gasteiger partial charge in [0.25, 0.3) is 11.5 Å². The predicted molar refractivity (Wildman–Crippen MR) is 116 cm³/mol. The molecule has 1 atom stereocenters. The van der Waals surface area contributed by atoms with E-state index in [1.807, 2.05) is 0 Å². The van der Waals surface area contributed by atoms with E-state index in [0.29, 0.717) is 33.8 Å². The Morgan fingerprint density at radius 2 is 2.28 bits per heavy atom. The van der Waals surface area contributed by atoms with Crippen molar-refractivity contribution in [3.63, 3.8) is 0 Å². The monoisotopic (exact) mass is 432 g/mol. The number of nitrogens with zero attached hydrogens (tertiary/aromatic N) is 3. The van der Waals surface area contributed by atoms with E-state index in [9.17, 15) is 9.59 Å². The number of thiocarbonyl (C=S) groups is 1. The Hall–Kier alpha value is -2.27. The lowest BCUT2D eigenvalue weighted by Crippen LogP contribution is -2.35. The number of thioether (sulfide) groups is 1. The molecule has 2 N–H and O–H groups in total. The Morgan fingerprint density at radius 1 is 1.41 bits per heavy atom. The maximum absolute atomic E-state index is 13.0. The zero-order chi connectivity index (χ0) is 20.4. The molecule has 4 rings (SSSR count). The fourth-order valence-electron chi connectivity index (χ4n) is 3.32. The fraction of sp³-hybridized carbons (Fsp3) is 0.368. The number of anilines is 1. The summed E-state index contributed by atoms with van der Waals surface area (Å²) in [5, 5.41) is 12.1. The van der Waals surface area contributed by atoms with Crippen molar-refractivity contribution in [1.82, 2.24) is 14.3 Å². The molecule has 152 valence electrons. The van der Waals surface area contributed by atoms with Gasteiger partial charge in [0.2, 0.25) is 0 Å². The molecule has 2 aliphatic heterocycles. The minimum absolute atomic E-state index is 0.00778. The molecular formula is C19H20N4O4S2. The summed E-state index contributed by atoms with van der Waals surface area (Å²) in [6, 6.07) is 5.24. The number of aliphatic hydroxyl groups is 1. The third-order valence-electron chi connectivity index (χ3n) is 4.73. The minimum atomic E-state index is -0.305. The van der Waals surface area contributed by atoms with Gasteiger partial charge in [-0.1, -0.05) is 30.0 Å². The minimum Gasteiger partial charge on any atom is -0.395 e. The first-order chi connectivity index (χ1) is 14.1. The highest BCUT2D eigenvalue weighted by Gasteiger charge is 2.35. The van der Waals surface area contributed by atoms with Crippen LogP contribution in [-0.4, -0.2) is 62.0 Å². The first-order valence-corrected chi connectivity index (χ1v) is 10.5. The summed E-state index contributed by atoms with van der Waals surface area (Å²) in [5.41, 5.74) is 0.418. The van der Waals surface area contributed by atoms with Crippen LogP contribution in [0.2, 0.25) is 0 Å². The molecule has 1 amide bonds. The molecule has 4 heterocycles. The number of hydrogen-bond acceptors (Lipinski definition) is 8. The Labute approximate surface area is 176 Å². The van der Waals surface area contributed by atoms with Crippen LogP contribution < -0.4 is 10.9 Å². The van der Waals surface area contributed by atoms with Crippen molar-refractivity contribution < 1.29 is 14.6 Å². The van der Waals surface area contributed by atoms with Gasteiger partial charge in [0.1, 0.15) is 15.8 Å². The first kappa shape index (κ1) is 20.0. The summed E-state index contributed by atoms with van der Waals surface area (Å²) in [6.07, 6.45) is 5.03. The van der Waals surface area contributed by atoms with Crippen molar-refractivity contribution in [2.24, 2.45) is 0 Å². The summed E-state index contributed by atoms with van der Waals surface area (Å²) in [5.74, 6) is 0.0841. The number of carbonyl (C=O) groups excluding carboxylic acids is 1. The van der Waals surface area contributed by atoms with Crippen LogP contribution in [0.15, 0.2) is 34.1 Å². The normalized spacial score (nSPS) is 20.9. The van der Waals surface area contributed by atoms with E-state index in [2.05, 4.69) is 10.3 Å². The van der Waals surface area contributed by atoms with Gasteiger partial charge in [-0.3, -0.25) is 18.9 Å². The van der Waals surface area contributed by atoms with Crippen molar-refractivity contribution in [2.75, 3.05) is 31.6 Å². The summed E-state index contributed by atoms with van der Waals surface area (Å²) < 4.78 is 7.49. The molecule has 10 heteroatoms. The Bertz CT molecular complexity index is 1050. The van der Waals surface area contributed by atoms with Gasteiger partial charge in [0.05, 0.1) is 29.7 Å². The lowest BCUT2D eigenvalue weighted by atomic mass is 10.2. The predicted octanol–water partition coefficient (Wildman–Crippen LogP) is 1.48. The molecule has 0 aliphatic carbocycles. The lowest BCUT2D eigenvalue weighted by molar-refractivity contribution is -0.123. The highest BCUT2D eigenvalue weighted by atomic mass is 32.2. The molecule has 0 bridgehead atoms. The van der Waals surface area contributed by atoms with Crippen LogP contribution in [0.5, 0.6) is 0 Å². The van der Waals surface area contributed by atoms with Gasteiger partial charge >= 0.3 is 0 Å². The largest absolute Gasteiger partial charge is 0.395 e. The van der Waals surface area contributed by atoms with Gasteiger partial charge in [-0.15, -0.1) is 0 Å². The number of pyridine rings is 1. The third kappa shape index (κ3) is 4.06. The van der Waals surface area contributed by atoms with Gasteiger partial charge in [0, 0.05) is 19.3 Å². The first-order valence-electron chi connectivity index (χ1n) is 9.31. The second kappa shape index (κ2) is 8.62. The van der Waals surface area contributed by atoms with Crippen LogP contribution in [0, 0.1) is 0 Å². The van der Waals surface area contributed by atoms with Gasteiger partial charge in [-0.25, -0.2) is 4.98 Å². The quantitative estimate of drug-likeness (QED) is 0.524. The van der Waals surface area contributed by atoms with E-state index in [1.54, 1.807) is 24.4 Å². The van der Waals surface area contributed by atoms with E-state index in [-0.39, 0.29) is 36.3 Å². The summed E-state index contributed by atoms with van der Waals surface area (Å²) in [4.78, 5) is 32.3. The standard InChI is InChI=1S/C19H20N4O4S2/c24-8-6-20-16-13(17(25)22-7-2-1-5-15(22)21-16)10-14-18(26)23(19(28)29-14)11-12-4-3-9-27-12/h1-2,5,7,10,12,20,24H,3-4,6,8-9,11H2/b14-10-. The number of fused-ring (bicyclic) bond motifs is 1. The van der Waals surface area contributed by atoms with Gasteiger partial charge in [-0.2, -0.15) is 0 Å². The van der Waals surface area contributed by atoms with Crippen LogP contribution >= 0.6 is 24.0 Å². The van der Waals surface area contributed by atoms with Gasteiger partial charge in [0.15, 0.2) is 0 Å². The second-order valence-corrected chi connectivity index (χ2v) is 8.36. The highest BCUT2D eigenvalue weighted by Crippen LogP contribution is 2.34. The molecule has 2 aromatic rings. The van der Waals surface area contributed by atoms with Crippen LogP contribution in [0.4, 0.5) is 5.82 Å². The maximum Gasteiger partial charge on any atom is 0.267 e. The summed E-state index contributed by atoms with van der Waals surface area (Å²) in [7, 11) is 0. The number of hydrogen-bond donors (Lipinski definition) is 2. The van der Waals surface area contributed by atoms with Gasteiger partial charge in [-0.05, 0) is 31.1 Å². The van der Waals surface area contributed by atoms with Crippen molar-refractivity contribution >= 4 is 51.7 Å². The van der Waals surface area contributed by atoms with Crippen molar-refractivity contribution in [3.05, 3.63) is 45.2 Å². The van der Waals surface area contributed by atoms with Gasteiger partial charge < -0.3 is 15.2 Å². The maximum atomic E-state index is 13.0. The SMILES string of the molecule is O=C1/C(=C/c2c(NCCO)nc3ccccn3c2=O)SC(=S)N1CC1CCCO1.